The highest BCUT2D eigenvalue weighted by Gasteiger charge is 2.34. The van der Waals surface area contributed by atoms with Gasteiger partial charge in [0.05, 0.1) is 5.69 Å². The number of aryl methyl sites for hydroxylation is 1. The number of anilines is 1. The van der Waals surface area contributed by atoms with Gasteiger partial charge in [-0.3, -0.25) is 4.79 Å². The molecule has 2 aliphatic rings. The van der Waals surface area contributed by atoms with E-state index in [9.17, 15) is 4.79 Å². The van der Waals surface area contributed by atoms with Crippen LogP contribution in [0.25, 0.3) is 11.3 Å². The Balaban J connectivity index is 0.00000182. The summed E-state index contributed by atoms with van der Waals surface area (Å²) < 4.78 is 0. The number of hydrogen-bond acceptors (Lipinski definition) is 4. The van der Waals surface area contributed by atoms with Gasteiger partial charge in [-0.25, -0.2) is 4.98 Å². The minimum Gasteiger partial charge on any atom is -0.311 e. The van der Waals surface area contributed by atoms with Gasteiger partial charge in [0.25, 0.3) is 0 Å². The van der Waals surface area contributed by atoms with Crippen molar-refractivity contribution < 1.29 is 4.79 Å². The van der Waals surface area contributed by atoms with Gasteiger partial charge < -0.3 is 10.6 Å². The number of benzene rings is 1. The minimum atomic E-state index is 0. The Bertz CT molecular complexity index is 736. The molecule has 2 N–H and O–H groups in total. The van der Waals surface area contributed by atoms with Crippen molar-refractivity contribution in [3.05, 3.63) is 35.2 Å². The molecule has 2 saturated heterocycles. The average molecular weight is 378 g/mol. The standard InChI is InChI=1S/C19H23N3OS.ClH/c1-12-4-2-3-5-16(12)17-11-24-19(21-17)22-18(23)10-13-8-14-6-7-15(9-13)20-14;/h2-5,11,13-15,20H,6-10H2,1H3,(H,21,22,23);1H. The molecule has 2 aliphatic heterocycles. The number of fused-ring (bicyclic) bond motifs is 2. The summed E-state index contributed by atoms with van der Waals surface area (Å²) in [5.74, 6) is 0.617. The van der Waals surface area contributed by atoms with Gasteiger partial charge in [0.1, 0.15) is 0 Å². The molecule has 1 amide bonds. The number of aromatic nitrogens is 1. The minimum absolute atomic E-state index is 0. The maximum Gasteiger partial charge on any atom is 0.226 e. The first-order chi connectivity index (χ1) is 11.7. The van der Waals surface area contributed by atoms with Gasteiger partial charge in [0.15, 0.2) is 5.13 Å². The van der Waals surface area contributed by atoms with Crippen LogP contribution in [-0.4, -0.2) is 23.0 Å². The Kier molecular flexibility index (Phi) is 5.77. The molecule has 2 bridgehead atoms. The van der Waals surface area contributed by atoms with Crippen molar-refractivity contribution in [2.24, 2.45) is 5.92 Å². The fourth-order valence-electron chi connectivity index (χ4n) is 4.09. The number of hydrogen-bond donors (Lipinski definition) is 2. The number of carbonyl (C=O) groups excluding carboxylic acids is 1. The lowest BCUT2D eigenvalue weighted by molar-refractivity contribution is -0.117. The Hall–Kier alpha value is -1.43. The van der Waals surface area contributed by atoms with Crippen molar-refractivity contribution in [2.45, 2.75) is 51.1 Å². The van der Waals surface area contributed by atoms with E-state index in [0.717, 1.165) is 24.1 Å². The van der Waals surface area contributed by atoms with Gasteiger partial charge in [0.2, 0.25) is 5.91 Å². The lowest BCUT2D eigenvalue weighted by atomic mass is 9.89. The second-order valence-corrected chi connectivity index (χ2v) is 7.94. The first kappa shape index (κ1) is 18.4. The zero-order valence-corrected chi connectivity index (χ0v) is 16.0. The second kappa shape index (κ2) is 7.85. The van der Waals surface area contributed by atoms with Crippen molar-refractivity contribution in [3.63, 3.8) is 0 Å². The lowest BCUT2D eigenvalue weighted by Gasteiger charge is -2.28. The van der Waals surface area contributed by atoms with Crippen molar-refractivity contribution in [2.75, 3.05) is 5.32 Å². The van der Waals surface area contributed by atoms with Crippen LogP contribution in [0.5, 0.6) is 0 Å². The summed E-state index contributed by atoms with van der Waals surface area (Å²) in [4.78, 5) is 17.0. The molecule has 2 atom stereocenters. The molecule has 4 nitrogen and oxygen atoms in total. The molecule has 1 aromatic heterocycles. The van der Waals surface area contributed by atoms with Crippen molar-refractivity contribution in [1.29, 1.82) is 0 Å². The average Bonchev–Trinajstić information content (AvgIpc) is 3.14. The van der Waals surface area contributed by atoms with Crippen LogP contribution in [0.3, 0.4) is 0 Å². The van der Waals surface area contributed by atoms with Crippen LogP contribution >= 0.6 is 23.7 Å². The molecule has 25 heavy (non-hydrogen) atoms. The summed E-state index contributed by atoms with van der Waals surface area (Å²) in [6, 6.07) is 9.47. The number of amides is 1. The molecule has 0 saturated carbocycles. The lowest BCUT2D eigenvalue weighted by Crippen LogP contribution is -2.39. The van der Waals surface area contributed by atoms with Crippen LogP contribution in [0.15, 0.2) is 29.6 Å². The van der Waals surface area contributed by atoms with E-state index in [0.29, 0.717) is 29.6 Å². The highest BCUT2D eigenvalue weighted by atomic mass is 35.5. The van der Waals surface area contributed by atoms with E-state index in [1.54, 1.807) is 0 Å². The fraction of sp³-hybridized carbons (Fsp3) is 0.474. The maximum absolute atomic E-state index is 12.4. The van der Waals surface area contributed by atoms with E-state index < -0.39 is 0 Å². The number of rotatable bonds is 4. The van der Waals surface area contributed by atoms with E-state index >= 15 is 0 Å². The largest absolute Gasteiger partial charge is 0.311 e. The highest BCUT2D eigenvalue weighted by molar-refractivity contribution is 7.14. The van der Waals surface area contributed by atoms with Gasteiger partial charge in [-0.05, 0) is 44.1 Å². The Morgan fingerprint density at radius 1 is 1.28 bits per heavy atom. The van der Waals surface area contributed by atoms with E-state index in [2.05, 4.69) is 34.7 Å². The van der Waals surface area contributed by atoms with E-state index in [1.165, 1.54) is 29.7 Å². The topological polar surface area (TPSA) is 54.0 Å². The Morgan fingerprint density at radius 3 is 2.72 bits per heavy atom. The van der Waals surface area contributed by atoms with E-state index in [1.807, 2.05) is 17.5 Å². The zero-order chi connectivity index (χ0) is 16.5. The van der Waals surface area contributed by atoms with Gasteiger partial charge in [-0.2, -0.15) is 0 Å². The molecule has 0 aliphatic carbocycles. The normalized spacial score (nSPS) is 24.6. The molecular weight excluding hydrogens is 354 g/mol. The smallest absolute Gasteiger partial charge is 0.226 e. The molecule has 3 heterocycles. The monoisotopic (exact) mass is 377 g/mol. The number of carbonyl (C=O) groups is 1. The highest BCUT2D eigenvalue weighted by Crippen LogP contribution is 2.33. The quantitative estimate of drug-likeness (QED) is 0.830. The predicted molar refractivity (Wildman–Crippen MR) is 105 cm³/mol. The first-order valence-corrected chi connectivity index (χ1v) is 9.63. The van der Waals surface area contributed by atoms with Crippen LogP contribution in [0.4, 0.5) is 5.13 Å². The summed E-state index contributed by atoms with van der Waals surface area (Å²) >= 11 is 1.50. The summed E-state index contributed by atoms with van der Waals surface area (Å²) in [5, 5.41) is 9.35. The molecule has 6 heteroatoms. The molecule has 0 spiro atoms. The third kappa shape index (κ3) is 4.22. The first-order valence-electron chi connectivity index (χ1n) is 8.75. The Labute approximate surface area is 158 Å². The van der Waals surface area contributed by atoms with Gasteiger partial charge in [-0.1, -0.05) is 24.3 Å². The number of thiazole rings is 1. The van der Waals surface area contributed by atoms with E-state index in [4.69, 9.17) is 0 Å². The van der Waals surface area contributed by atoms with Crippen molar-refractivity contribution in [1.82, 2.24) is 10.3 Å². The molecule has 0 radical (unpaired) electrons. The number of piperidine rings is 1. The molecule has 2 unspecified atom stereocenters. The second-order valence-electron chi connectivity index (χ2n) is 7.08. The van der Waals surface area contributed by atoms with E-state index in [-0.39, 0.29) is 18.3 Å². The molecule has 2 aromatic rings. The number of halogens is 1. The van der Waals surface area contributed by atoms with Crippen LogP contribution < -0.4 is 10.6 Å². The SMILES string of the molecule is Cc1ccccc1-c1csc(NC(=O)CC2CC3CCC(C2)N3)n1.Cl. The molecule has 1 aromatic carbocycles. The third-order valence-corrected chi connectivity index (χ3v) is 5.97. The fourth-order valence-corrected chi connectivity index (χ4v) is 4.82. The van der Waals surface area contributed by atoms with Crippen LogP contribution in [0.2, 0.25) is 0 Å². The van der Waals surface area contributed by atoms with Crippen molar-refractivity contribution >= 4 is 34.8 Å². The third-order valence-electron chi connectivity index (χ3n) is 5.22. The molecule has 2 fully saturated rings. The summed E-state index contributed by atoms with van der Waals surface area (Å²) in [7, 11) is 0. The van der Waals surface area contributed by atoms with Crippen LogP contribution in [-0.2, 0) is 4.79 Å². The Morgan fingerprint density at radius 2 is 2.00 bits per heavy atom. The van der Waals surface area contributed by atoms with Crippen LogP contribution in [0.1, 0.15) is 37.7 Å². The summed E-state index contributed by atoms with van der Waals surface area (Å²) in [6.07, 6.45) is 5.44. The summed E-state index contributed by atoms with van der Waals surface area (Å²) in [5.41, 5.74) is 3.27. The molecular formula is C19H24ClN3OS. The maximum atomic E-state index is 12.4. The van der Waals surface area contributed by atoms with Gasteiger partial charge in [0, 0.05) is 29.4 Å². The molecule has 134 valence electrons. The van der Waals surface area contributed by atoms with Crippen molar-refractivity contribution in [3.8, 4) is 11.3 Å². The summed E-state index contributed by atoms with van der Waals surface area (Å²) in [6.45, 7) is 2.08. The zero-order valence-electron chi connectivity index (χ0n) is 14.3. The molecule has 4 rings (SSSR count). The number of nitrogens with one attached hydrogen (secondary N) is 2. The van der Waals surface area contributed by atoms with Gasteiger partial charge in [-0.15, -0.1) is 23.7 Å². The predicted octanol–water partition coefficient (Wildman–Crippen LogP) is 4.40. The number of nitrogens with zero attached hydrogens (tertiary/aromatic N) is 1. The van der Waals surface area contributed by atoms with Crippen LogP contribution in [0, 0.1) is 12.8 Å². The van der Waals surface area contributed by atoms with Gasteiger partial charge >= 0.3 is 0 Å².